The summed E-state index contributed by atoms with van der Waals surface area (Å²) in [5, 5.41) is 0. The van der Waals surface area contributed by atoms with Gasteiger partial charge < -0.3 is 9.32 Å². The van der Waals surface area contributed by atoms with Crippen LogP contribution in [-0.4, -0.2) is 28.8 Å². The van der Waals surface area contributed by atoms with Crippen LogP contribution >= 0.6 is 0 Å². The van der Waals surface area contributed by atoms with Gasteiger partial charge in [-0.25, -0.2) is 0 Å². The largest absolute Gasteiger partial charge is 0.455 e. The van der Waals surface area contributed by atoms with Gasteiger partial charge in [-0.1, -0.05) is 42.5 Å². The molecule has 3 aromatic rings. The number of carbonyl (C=O) groups is 1. The fourth-order valence-electron chi connectivity index (χ4n) is 4.12. The number of hydrogen-bond acceptors (Lipinski definition) is 3. The number of amides is 1. The lowest BCUT2D eigenvalue weighted by Gasteiger charge is -2.25. The minimum Gasteiger partial charge on any atom is -0.455 e. The number of alkyl halides is 3. The lowest BCUT2D eigenvalue weighted by Crippen LogP contribution is -2.35. The van der Waals surface area contributed by atoms with Gasteiger partial charge in [-0.2, -0.15) is 13.2 Å². The molecule has 0 N–H and O–H groups in total. The van der Waals surface area contributed by atoms with E-state index in [2.05, 4.69) is 4.90 Å². The molecule has 0 radical (unpaired) electrons. The molecule has 0 bridgehead atoms. The Bertz CT molecular complexity index is 1040. The highest BCUT2D eigenvalue weighted by Crippen LogP contribution is 2.29. The molecule has 174 valence electrons. The lowest BCUT2D eigenvalue weighted by atomic mass is 10.1. The van der Waals surface area contributed by atoms with Crippen LogP contribution in [0.2, 0.25) is 0 Å². The number of piperidine rings is 1. The van der Waals surface area contributed by atoms with Crippen molar-refractivity contribution in [2.75, 3.05) is 13.1 Å². The monoisotopic (exact) mass is 456 g/mol. The molecule has 1 fully saturated rings. The molecule has 1 aromatic heterocycles. The highest BCUT2D eigenvalue weighted by molar-refractivity contribution is 5.91. The molecule has 1 aliphatic rings. The molecule has 33 heavy (non-hydrogen) atoms. The zero-order valence-electron chi connectivity index (χ0n) is 18.4. The second-order valence-electron chi connectivity index (χ2n) is 8.44. The number of rotatable bonds is 7. The Hall–Kier alpha value is -3.06. The number of halogens is 3. The van der Waals surface area contributed by atoms with Crippen LogP contribution in [0.25, 0.3) is 0 Å². The normalized spacial score (nSPS) is 14.6. The molecule has 0 atom stereocenters. The van der Waals surface area contributed by atoms with E-state index in [0.717, 1.165) is 55.6 Å². The van der Waals surface area contributed by atoms with E-state index in [1.165, 1.54) is 12.1 Å². The highest BCUT2D eigenvalue weighted by atomic mass is 19.4. The Kier molecular flexibility index (Phi) is 7.18. The molecule has 2 heterocycles. The summed E-state index contributed by atoms with van der Waals surface area (Å²) in [5.41, 5.74) is 1.20. The first-order chi connectivity index (χ1) is 15.9. The van der Waals surface area contributed by atoms with Crippen molar-refractivity contribution in [2.24, 2.45) is 0 Å². The van der Waals surface area contributed by atoms with E-state index in [-0.39, 0.29) is 5.91 Å². The predicted molar refractivity (Wildman–Crippen MR) is 119 cm³/mol. The maximum Gasteiger partial charge on any atom is 0.416 e. The summed E-state index contributed by atoms with van der Waals surface area (Å²) in [6, 6.07) is 18.6. The Morgan fingerprint density at radius 2 is 1.45 bits per heavy atom. The van der Waals surface area contributed by atoms with Gasteiger partial charge in [-0.3, -0.25) is 9.69 Å². The fraction of sp³-hybridized carbons (Fsp3) is 0.346. The van der Waals surface area contributed by atoms with Crippen molar-refractivity contribution in [3.05, 3.63) is 94.9 Å². The summed E-state index contributed by atoms with van der Waals surface area (Å²) >= 11 is 0. The number of furan rings is 1. The van der Waals surface area contributed by atoms with Gasteiger partial charge >= 0.3 is 6.18 Å². The quantitative estimate of drug-likeness (QED) is 0.429. The molecule has 1 amide bonds. The first-order valence-corrected chi connectivity index (χ1v) is 11.2. The molecule has 1 saturated heterocycles. The molecular formula is C26H27F3N2O2. The van der Waals surface area contributed by atoms with Gasteiger partial charge in [0.25, 0.3) is 5.91 Å². The zero-order valence-corrected chi connectivity index (χ0v) is 18.4. The third kappa shape index (κ3) is 6.26. The van der Waals surface area contributed by atoms with Crippen LogP contribution in [-0.2, 0) is 25.8 Å². The van der Waals surface area contributed by atoms with Crippen molar-refractivity contribution >= 4 is 5.91 Å². The number of carbonyl (C=O) groups excluding carboxylic acids is 1. The molecule has 0 spiro atoms. The maximum atomic E-state index is 12.9. The van der Waals surface area contributed by atoms with Crippen molar-refractivity contribution < 1.29 is 22.4 Å². The van der Waals surface area contributed by atoms with Crippen molar-refractivity contribution in [3.63, 3.8) is 0 Å². The van der Waals surface area contributed by atoms with Gasteiger partial charge in [0.2, 0.25) is 0 Å². The van der Waals surface area contributed by atoms with Crippen LogP contribution in [0, 0.1) is 0 Å². The summed E-state index contributed by atoms with van der Waals surface area (Å²) in [6.07, 6.45) is -1.19. The summed E-state index contributed by atoms with van der Waals surface area (Å²) in [6.45, 7) is 2.98. The molecule has 1 aliphatic heterocycles. The lowest BCUT2D eigenvalue weighted by molar-refractivity contribution is -0.137. The average molecular weight is 457 g/mol. The molecule has 0 aliphatic carbocycles. The Morgan fingerprint density at radius 3 is 2.09 bits per heavy atom. The summed E-state index contributed by atoms with van der Waals surface area (Å²) < 4.78 is 44.6. The van der Waals surface area contributed by atoms with E-state index in [1.54, 1.807) is 6.07 Å². The fourth-order valence-corrected chi connectivity index (χ4v) is 4.12. The summed E-state index contributed by atoms with van der Waals surface area (Å²) in [4.78, 5) is 16.6. The van der Waals surface area contributed by atoms with E-state index in [0.29, 0.717) is 31.2 Å². The second-order valence-corrected chi connectivity index (χ2v) is 8.44. The Balaban J connectivity index is 1.48. The van der Waals surface area contributed by atoms with Gasteiger partial charge in [0, 0.05) is 26.2 Å². The van der Waals surface area contributed by atoms with Crippen LogP contribution < -0.4 is 0 Å². The molecule has 7 heteroatoms. The van der Waals surface area contributed by atoms with Gasteiger partial charge in [0.15, 0.2) is 5.76 Å². The molecule has 4 nitrogen and oxygen atoms in total. The van der Waals surface area contributed by atoms with E-state index >= 15 is 0 Å². The predicted octanol–water partition coefficient (Wildman–Crippen LogP) is 6.13. The van der Waals surface area contributed by atoms with Gasteiger partial charge in [0.05, 0.1) is 12.1 Å². The Labute approximate surface area is 191 Å². The third-order valence-electron chi connectivity index (χ3n) is 5.83. The minimum atomic E-state index is -4.35. The average Bonchev–Trinajstić information content (AvgIpc) is 3.28. The van der Waals surface area contributed by atoms with Gasteiger partial charge in [-0.05, 0) is 54.7 Å². The number of nitrogens with zero attached hydrogens (tertiary/aromatic N) is 2. The highest BCUT2D eigenvalue weighted by Gasteiger charge is 2.30. The van der Waals surface area contributed by atoms with Crippen molar-refractivity contribution in [2.45, 2.75) is 45.1 Å². The van der Waals surface area contributed by atoms with Crippen LogP contribution in [0.3, 0.4) is 0 Å². The van der Waals surface area contributed by atoms with Crippen molar-refractivity contribution in [1.29, 1.82) is 0 Å². The van der Waals surface area contributed by atoms with Crippen molar-refractivity contribution in [1.82, 2.24) is 9.80 Å². The van der Waals surface area contributed by atoms with Crippen LogP contribution in [0.4, 0.5) is 13.2 Å². The van der Waals surface area contributed by atoms with Crippen LogP contribution in [0.1, 0.15) is 52.3 Å². The summed E-state index contributed by atoms with van der Waals surface area (Å²) in [7, 11) is 0. The van der Waals surface area contributed by atoms with E-state index < -0.39 is 11.7 Å². The third-order valence-corrected chi connectivity index (χ3v) is 5.83. The van der Waals surface area contributed by atoms with Gasteiger partial charge in [0.1, 0.15) is 5.76 Å². The van der Waals surface area contributed by atoms with Crippen molar-refractivity contribution in [3.8, 4) is 0 Å². The Morgan fingerprint density at radius 1 is 0.818 bits per heavy atom. The molecule has 0 unspecified atom stereocenters. The molecular weight excluding hydrogens is 429 g/mol. The van der Waals surface area contributed by atoms with E-state index in [4.69, 9.17) is 4.42 Å². The zero-order chi connectivity index (χ0) is 23.3. The topological polar surface area (TPSA) is 36.7 Å². The van der Waals surface area contributed by atoms with Crippen LogP contribution in [0.15, 0.2) is 71.1 Å². The SMILES string of the molecule is O=C(c1ccc(CN(Cc2ccccc2)Cc2ccc(C(F)(F)F)cc2)o1)N1CCCCC1. The molecule has 4 rings (SSSR count). The first-order valence-electron chi connectivity index (χ1n) is 11.2. The molecule has 2 aromatic carbocycles. The number of benzene rings is 2. The minimum absolute atomic E-state index is 0.0849. The second kappa shape index (κ2) is 10.3. The van der Waals surface area contributed by atoms with Gasteiger partial charge in [-0.15, -0.1) is 0 Å². The maximum absolute atomic E-state index is 12.9. The number of hydrogen-bond donors (Lipinski definition) is 0. The standard InChI is InChI=1S/C26H27F3N2O2/c27-26(28,29)22-11-9-21(10-12-22)18-30(17-20-7-3-1-4-8-20)19-23-13-14-24(33-23)25(32)31-15-5-2-6-16-31/h1,3-4,7-14H,2,5-6,15-19H2. The number of likely N-dealkylation sites (tertiary alicyclic amines) is 1. The van der Waals surface area contributed by atoms with E-state index in [1.807, 2.05) is 41.3 Å². The molecule has 0 saturated carbocycles. The first kappa shape index (κ1) is 23.1. The van der Waals surface area contributed by atoms with E-state index in [9.17, 15) is 18.0 Å². The smallest absolute Gasteiger partial charge is 0.416 e. The summed E-state index contributed by atoms with van der Waals surface area (Å²) in [5.74, 6) is 0.901. The van der Waals surface area contributed by atoms with Crippen LogP contribution in [0.5, 0.6) is 0 Å².